The van der Waals surface area contributed by atoms with Crippen LogP contribution in [0.4, 0.5) is 4.39 Å². The van der Waals surface area contributed by atoms with Crippen LogP contribution < -0.4 is 11.2 Å². The van der Waals surface area contributed by atoms with Gasteiger partial charge in [-0.05, 0) is 24.6 Å². The number of carbonyl (C=O) groups excluding carboxylic acids is 1. The summed E-state index contributed by atoms with van der Waals surface area (Å²) in [5.41, 5.74) is 0.764. The van der Waals surface area contributed by atoms with Crippen molar-refractivity contribution in [2.75, 3.05) is 6.61 Å². The molecule has 0 radical (unpaired) electrons. The molecule has 1 amide bonds. The van der Waals surface area contributed by atoms with E-state index in [1.807, 2.05) is 0 Å². The highest BCUT2D eigenvalue weighted by molar-refractivity contribution is 5.78. The van der Waals surface area contributed by atoms with Crippen molar-refractivity contribution in [1.29, 1.82) is 0 Å². The number of nitrogens with one attached hydrogen (secondary N) is 1. The van der Waals surface area contributed by atoms with Crippen LogP contribution in [0.2, 0.25) is 0 Å². The van der Waals surface area contributed by atoms with Crippen molar-refractivity contribution in [1.82, 2.24) is 5.32 Å². The molecule has 0 saturated heterocycles. The smallest absolute Gasteiger partial charge is 0.224 e. The van der Waals surface area contributed by atoms with Gasteiger partial charge in [0.15, 0.2) is 0 Å². The first-order chi connectivity index (χ1) is 7.61. The van der Waals surface area contributed by atoms with Crippen molar-refractivity contribution >= 4 is 5.91 Å². The van der Waals surface area contributed by atoms with E-state index in [1.165, 1.54) is 12.1 Å². The Kier molecular flexibility index (Phi) is 4.88. The molecule has 0 aliphatic rings. The van der Waals surface area contributed by atoms with Crippen LogP contribution in [0.25, 0.3) is 0 Å². The van der Waals surface area contributed by atoms with Gasteiger partial charge >= 0.3 is 0 Å². The zero-order chi connectivity index (χ0) is 12.0. The molecule has 0 aromatic heterocycles. The molecular weight excluding hydrogens is 211 g/mol. The minimum absolute atomic E-state index is 0.141. The first-order valence-corrected chi connectivity index (χ1v) is 4.97. The average Bonchev–Trinajstić information content (AvgIpc) is 2.21. The number of halogens is 1. The molecule has 0 spiro atoms. The van der Waals surface area contributed by atoms with E-state index >= 15 is 0 Å². The fraction of sp³-hybridized carbons (Fsp3) is 0.364. The number of amides is 1. The highest BCUT2D eigenvalue weighted by Crippen LogP contribution is 2.03. The molecular formula is C11H15FN2O2. The van der Waals surface area contributed by atoms with E-state index < -0.39 is 0 Å². The van der Waals surface area contributed by atoms with Gasteiger partial charge in [0.2, 0.25) is 5.91 Å². The van der Waals surface area contributed by atoms with Crippen molar-refractivity contribution in [3.8, 4) is 0 Å². The van der Waals surface area contributed by atoms with Gasteiger partial charge in [-0.2, -0.15) is 0 Å². The third kappa shape index (κ3) is 4.37. The number of benzene rings is 1. The molecule has 1 rings (SSSR count). The maximum atomic E-state index is 12.6. The lowest BCUT2D eigenvalue weighted by Crippen LogP contribution is -2.37. The molecule has 1 atom stereocenters. The summed E-state index contributed by atoms with van der Waals surface area (Å²) in [5.74, 6) is 4.43. The van der Waals surface area contributed by atoms with E-state index in [1.54, 1.807) is 19.1 Å². The monoisotopic (exact) mass is 226 g/mol. The van der Waals surface area contributed by atoms with Gasteiger partial charge < -0.3 is 10.2 Å². The number of nitrogens with two attached hydrogens (primary N) is 1. The van der Waals surface area contributed by atoms with Gasteiger partial charge in [-0.15, -0.1) is 0 Å². The number of hydrogen-bond acceptors (Lipinski definition) is 3. The largest absolute Gasteiger partial charge is 0.351 e. The predicted octanol–water partition coefficient (Wildman–Crippen LogP) is 0.763. The third-order valence-corrected chi connectivity index (χ3v) is 2.03. The number of carbonyl (C=O) groups is 1. The van der Waals surface area contributed by atoms with E-state index in [0.717, 1.165) is 5.56 Å². The first-order valence-electron chi connectivity index (χ1n) is 4.97. The van der Waals surface area contributed by atoms with E-state index in [0.29, 0.717) is 0 Å². The SMILES string of the molecule is CC(CON)NC(=O)Cc1ccc(F)cc1. The molecule has 88 valence electrons. The molecule has 3 N–H and O–H groups in total. The Morgan fingerprint density at radius 1 is 1.50 bits per heavy atom. The van der Waals surface area contributed by atoms with Crippen molar-refractivity contribution in [2.45, 2.75) is 19.4 Å². The Morgan fingerprint density at radius 2 is 2.12 bits per heavy atom. The summed E-state index contributed by atoms with van der Waals surface area (Å²) in [6.07, 6.45) is 0.217. The molecule has 0 fully saturated rings. The van der Waals surface area contributed by atoms with Crippen LogP contribution >= 0.6 is 0 Å². The lowest BCUT2D eigenvalue weighted by atomic mass is 10.1. The van der Waals surface area contributed by atoms with Gasteiger partial charge in [-0.25, -0.2) is 10.3 Å². The molecule has 5 heteroatoms. The minimum atomic E-state index is -0.311. The lowest BCUT2D eigenvalue weighted by molar-refractivity contribution is -0.121. The third-order valence-electron chi connectivity index (χ3n) is 2.03. The fourth-order valence-corrected chi connectivity index (χ4v) is 1.30. The molecule has 0 aliphatic carbocycles. The highest BCUT2D eigenvalue weighted by Gasteiger charge is 2.07. The second-order valence-electron chi connectivity index (χ2n) is 3.61. The van der Waals surface area contributed by atoms with Gasteiger partial charge in [0, 0.05) is 0 Å². The molecule has 1 aromatic carbocycles. The van der Waals surface area contributed by atoms with Gasteiger partial charge in [0.25, 0.3) is 0 Å². The lowest BCUT2D eigenvalue weighted by Gasteiger charge is -2.12. The summed E-state index contributed by atoms with van der Waals surface area (Å²) in [7, 11) is 0. The molecule has 0 bridgehead atoms. The Hall–Kier alpha value is -1.46. The minimum Gasteiger partial charge on any atom is -0.351 e. The van der Waals surface area contributed by atoms with Crippen LogP contribution in [0.5, 0.6) is 0 Å². The summed E-state index contributed by atoms with van der Waals surface area (Å²) in [4.78, 5) is 15.9. The zero-order valence-corrected chi connectivity index (χ0v) is 9.07. The van der Waals surface area contributed by atoms with Gasteiger partial charge in [0.1, 0.15) is 5.82 Å². The Morgan fingerprint density at radius 3 is 2.69 bits per heavy atom. The van der Waals surface area contributed by atoms with Crippen molar-refractivity contribution in [2.24, 2.45) is 5.90 Å². The predicted molar refractivity (Wildman–Crippen MR) is 57.8 cm³/mol. The van der Waals surface area contributed by atoms with Crippen molar-refractivity contribution < 1.29 is 14.0 Å². The van der Waals surface area contributed by atoms with Gasteiger partial charge in [-0.1, -0.05) is 12.1 Å². The number of hydrogen-bond donors (Lipinski definition) is 2. The summed E-state index contributed by atoms with van der Waals surface area (Å²) < 4.78 is 12.6. The van der Waals surface area contributed by atoms with Crippen LogP contribution in [0.3, 0.4) is 0 Å². The molecule has 0 aliphatic heterocycles. The Labute approximate surface area is 93.5 Å². The highest BCUT2D eigenvalue weighted by atomic mass is 19.1. The van der Waals surface area contributed by atoms with Gasteiger partial charge in [0.05, 0.1) is 19.1 Å². The van der Waals surface area contributed by atoms with E-state index in [2.05, 4.69) is 10.2 Å². The average molecular weight is 226 g/mol. The molecule has 1 aromatic rings. The van der Waals surface area contributed by atoms with E-state index in [4.69, 9.17) is 5.90 Å². The van der Waals surface area contributed by atoms with Crippen LogP contribution in [0.15, 0.2) is 24.3 Å². The summed E-state index contributed by atoms with van der Waals surface area (Å²) in [5, 5.41) is 2.71. The van der Waals surface area contributed by atoms with Crippen LogP contribution in [-0.2, 0) is 16.1 Å². The molecule has 4 nitrogen and oxygen atoms in total. The second kappa shape index (κ2) is 6.19. The van der Waals surface area contributed by atoms with Crippen molar-refractivity contribution in [3.05, 3.63) is 35.6 Å². The standard InChI is InChI=1S/C11H15FN2O2/c1-8(7-16-13)14-11(15)6-9-2-4-10(12)5-3-9/h2-5,8H,6-7,13H2,1H3,(H,14,15). The maximum absolute atomic E-state index is 12.6. The molecule has 0 heterocycles. The molecule has 0 saturated carbocycles. The first kappa shape index (κ1) is 12.6. The van der Waals surface area contributed by atoms with Crippen LogP contribution in [-0.4, -0.2) is 18.6 Å². The maximum Gasteiger partial charge on any atom is 0.224 e. The zero-order valence-electron chi connectivity index (χ0n) is 9.07. The molecule has 1 unspecified atom stereocenters. The molecule has 16 heavy (non-hydrogen) atoms. The Balaban J connectivity index is 2.42. The van der Waals surface area contributed by atoms with Gasteiger partial charge in [-0.3, -0.25) is 4.79 Å². The van der Waals surface area contributed by atoms with E-state index in [9.17, 15) is 9.18 Å². The van der Waals surface area contributed by atoms with Crippen LogP contribution in [0, 0.1) is 5.82 Å². The number of rotatable bonds is 5. The Bertz CT molecular complexity index is 340. The van der Waals surface area contributed by atoms with Crippen LogP contribution in [0.1, 0.15) is 12.5 Å². The van der Waals surface area contributed by atoms with Crippen molar-refractivity contribution in [3.63, 3.8) is 0 Å². The summed E-state index contributed by atoms with van der Waals surface area (Å²) >= 11 is 0. The quantitative estimate of drug-likeness (QED) is 0.729. The topological polar surface area (TPSA) is 64.3 Å². The normalized spacial score (nSPS) is 12.2. The second-order valence-corrected chi connectivity index (χ2v) is 3.61. The fourth-order valence-electron chi connectivity index (χ4n) is 1.30. The summed E-state index contributed by atoms with van der Waals surface area (Å²) in [6, 6.07) is 5.68. The van der Waals surface area contributed by atoms with E-state index in [-0.39, 0.29) is 30.8 Å². The summed E-state index contributed by atoms with van der Waals surface area (Å²) in [6.45, 7) is 2.05.